The first-order chi connectivity index (χ1) is 13.9. The molecule has 150 valence electrons. The van der Waals surface area contributed by atoms with Crippen LogP contribution in [0.5, 0.6) is 11.5 Å². The molecule has 0 fully saturated rings. The Morgan fingerprint density at radius 1 is 1.14 bits per heavy atom. The molecule has 3 aromatic rings. The number of benzene rings is 2. The number of carbonyl (C=O) groups is 2. The third-order valence-electron chi connectivity index (χ3n) is 4.08. The Morgan fingerprint density at radius 2 is 1.90 bits per heavy atom. The van der Waals surface area contributed by atoms with Gasteiger partial charge in [-0.25, -0.2) is 9.37 Å². The minimum atomic E-state index is -0.508. The Kier molecular flexibility index (Phi) is 6.23. The van der Waals surface area contributed by atoms with Crippen LogP contribution in [0.4, 0.5) is 15.2 Å². The van der Waals surface area contributed by atoms with Crippen molar-refractivity contribution in [1.29, 1.82) is 0 Å². The number of hydrogen-bond acceptors (Lipinski definition) is 6. The summed E-state index contributed by atoms with van der Waals surface area (Å²) < 4.78 is 25.2. The van der Waals surface area contributed by atoms with Crippen LogP contribution in [0, 0.1) is 5.82 Å². The van der Waals surface area contributed by atoms with Crippen molar-refractivity contribution in [3.63, 3.8) is 0 Å². The molecule has 0 saturated heterocycles. The minimum Gasteiger partial charge on any atom is -0.493 e. The van der Waals surface area contributed by atoms with Gasteiger partial charge < -0.3 is 9.47 Å². The zero-order chi connectivity index (χ0) is 21.0. The predicted octanol–water partition coefficient (Wildman–Crippen LogP) is 4.76. The number of amides is 1. The molecule has 0 radical (unpaired) electrons. The summed E-state index contributed by atoms with van der Waals surface area (Å²) in [4.78, 5) is 29.2. The second-order valence-electron chi connectivity index (χ2n) is 6.14. The number of nitrogens with zero attached hydrogens (tertiary/aromatic N) is 2. The highest BCUT2D eigenvalue weighted by atomic mass is 32.1. The van der Waals surface area contributed by atoms with Gasteiger partial charge in [-0.15, -0.1) is 11.3 Å². The topological polar surface area (TPSA) is 68.7 Å². The van der Waals surface area contributed by atoms with E-state index < -0.39 is 5.82 Å². The second kappa shape index (κ2) is 8.83. The fourth-order valence-electron chi connectivity index (χ4n) is 2.66. The summed E-state index contributed by atoms with van der Waals surface area (Å²) in [6.07, 6.45) is 0. The van der Waals surface area contributed by atoms with E-state index in [9.17, 15) is 14.0 Å². The Balaban J connectivity index is 1.79. The van der Waals surface area contributed by atoms with Gasteiger partial charge in [0.1, 0.15) is 12.4 Å². The van der Waals surface area contributed by atoms with E-state index in [4.69, 9.17) is 9.47 Å². The number of thiazole rings is 1. The van der Waals surface area contributed by atoms with Gasteiger partial charge in [0.2, 0.25) is 5.91 Å². The number of Topliss-reactive ketones (excluding diaryl/α,β-unsaturated/α-hetero) is 1. The molecule has 0 unspecified atom stereocenters. The first kappa shape index (κ1) is 20.5. The number of ketones is 1. The summed E-state index contributed by atoms with van der Waals surface area (Å²) in [6, 6.07) is 11.0. The standard InChI is InChI=1S/C21H19FN2O4S/c1-13(25)15-8-9-19(20(10-15)27-3)28-11-16-12-29-21(23-16)24(14(2)26)18-7-5-4-6-17(18)22/h4-10,12H,11H2,1-3H3. The number of carbonyl (C=O) groups excluding carboxylic acids is 2. The molecule has 0 spiro atoms. The van der Waals surface area contributed by atoms with Crippen molar-refractivity contribution in [2.75, 3.05) is 12.0 Å². The number of rotatable bonds is 7. The van der Waals surface area contributed by atoms with E-state index in [-0.39, 0.29) is 24.0 Å². The third-order valence-corrected chi connectivity index (χ3v) is 4.96. The average molecular weight is 414 g/mol. The highest BCUT2D eigenvalue weighted by Gasteiger charge is 2.21. The van der Waals surface area contributed by atoms with Gasteiger partial charge in [0.15, 0.2) is 22.4 Å². The second-order valence-corrected chi connectivity index (χ2v) is 6.97. The van der Waals surface area contributed by atoms with E-state index in [1.54, 1.807) is 35.7 Å². The molecule has 0 aliphatic rings. The zero-order valence-corrected chi connectivity index (χ0v) is 17.0. The van der Waals surface area contributed by atoms with E-state index in [1.807, 2.05) is 0 Å². The maximum Gasteiger partial charge on any atom is 0.230 e. The maximum atomic E-state index is 14.2. The van der Waals surface area contributed by atoms with Crippen LogP contribution in [-0.2, 0) is 11.4 Å². The molecule has 0 aliphatic carbocycles. The maximum absolute atomic E-state index is 14.2. The minimum absolute atomic E-state index is 0.0727. The summed E-state index contributed by atoms with van der Waals surface area (Å²) in [5.41, 5.74) is 1.24. The van der Waals surface area contributed by atoms with Gasteiger partial charge in [0.05, 0.1) is 18.5 Å². The summed E-state index contributed by atoms with van der Waals surface area (Å²) in [7, 11) is 1.49. The Bertz CT molecular complexity index is 1050. The molecule has 0 bridgehead atoms. The molecule has 1 heterocycles. The monoisotopic (exact) mass is 414 g/mol. The van der Waals surface area contributed by atoms with Gasteiger partial charge in [-0.05, 0) is 37.3 Å². The Labute approximate surface area is 171 Å². The van der Waals surface area contributed by atoms with E-state index in [0.717, 1.165) is 0 Å². The van der Waals surface area contributed by atoms with Gasteiger partial charge in [-0.2, -0.15) is 0 Å². The number of methoxy groups -OCH3 is 1. The molecule has 2 aromatic carbocycles. The van der Waals surface area contributed by atoms with Crippen molar-refractivity contribution >= 4 is 33.8 Å². The lowest BCUT2D eigenvalue weighted by molar-refractivity contribution is -0.115. The largest absolute Gasteiger partial charge is 0.493 e. The highest BCUT2D eigenvalue weighted by molar-refractivity contribution is 7.14. The normalized spacial score (nSPS) is 10.5. The van der Waals surface area contributed by atoms with Gasteiger partial charge in [-0.3, -0.25) is 14.5 Å². The van der Waals surface area contributed by atoms with Gasteiger partial charge in [0, 0.05) is 17.9 Å². The SMILES string of the molecule is COc1cc(C(C)=O)ccc1OCc1csc(N(C(C)=O)c2ccccc2F)n1. The molecule has 3 rings (SSSR count). The lowest BCUT2D eigenvalue weighted by Crippen LogP contribution is -2.23. The number of para-hydroxylation sites is 1. The smallest absolute Gasteiger partial charge is 0.230 e. The van der Waals surface area contributed by atoms with Crippen LogP contribution in [0.1, 0.15) is 29.9 Å². The summed E-state index contributed by atoms with van der Waals surface area (Å²) in [5.74, 6) is -0.0321. The van der Waals surface area contributed by atoms with E-state index >= 15 is 0 Å². The molecule has 0 atom stereocenters. The van der Waals surface area contributed by atoms with E-state index in [1.165, 1.54) is 49.3 Å². The lowest BCUT2D eigenvalue weighted by atomic mass is 10.1. The fourth-order valence-corrected chi connectivity index (χ4v) is 3.53. The molecule has 29 heavy (non-hydrogen) atoms. The molecule has 0 saturated carbocycles. The molecule has 6 nitrogen and oxygen atoms in total. The van der Waals surface area contributed by atoms with Crippen molar-refractivity contribution in [2.24, 2.45) is 0 Å². The highest BCUT2D eigenvalue weighted by Crippen LogP contribution is 2.32. The molecule has 1 amide bonds. The van der Waals surface area contributed by atoms with Crippen molar-refractivity contribution in [2.45, 2.75) is 20.5 Å². The summed E-state index contributed by atoms with van der Waals surface area (Å²) in [5, 5.41) is 2.09. The van der Waals surface area contributed by atoms with Crippen molar-refractivity contribution in [3.05, 3.63) is 64.9 Å². The van der Waals surface area contributed by atoms with Crippen LogP contribution >= 0.6 is 11.3 Å². The van der Waals surface area contributed by atoms with Crippen LogP contribution in [0.15, 0.2) is 47.8 Å². The Morgan fingerprint density at radius 3 is 2.55 bits per heavy atom. The van der Waals surface area contributed by atoms with Crippen LogP contribution in [0.2, 0.25) is 0 Å². The van der Waals surface area contributed by atoms with Crippen molar-refractivity contribution in [1.82, 2.24) is 4.98 Å². The number of ether oxygens (including phenoxy) is 2. The number of hydrogen-bond donors (Lipinski definition) is 0. The molecular weight excluding hydrogens is 395 g/mol. The lowest BCUT2D eigenvalue weighted by Gasteiger charge is -2.18. The van der Waals surface area contributed by atoms with Gasteiger partial charge >= 0.3 is 0 Å². The van der Waals surface area contributed by atoms with Crippen molar-refractivity contribution in [3.8, 4) is 11.5 Å². The van der Waals surface area contributed by atoms with Gasteiger partial charge in [0.25, 0.3) is 0 Å². The molecule has 0 N–H and O–H groups in total. The quantitative estimate of drug-likeness (QED) is 0.522. The van der Waals surface area contributed by atoms with Crippen LogP contribution in [0.25, 0.3) is 0 Å². The number of anilines is 2. The van der Waals surface area contributed by atoms with Gasteiger partial charge in [-0.1, -0.05) is 12.1 Å². The predicted molar refractivity (Wildman–Crippen MR) is 109 cm³/mol. The first-order valence-corrected chi connectivity index (χ1v) is 9.60. The first-order valence-electron chi connectivity index (χ1n) is 8.72. The molecule has 0 aliphatic heterocycles. The summed E-state index contributed by atoms with van der Waals surface area (Å²) >= 11 is 1.21. The fraction of sp³-hybridized carbons (Fsp3) is 0.190. The van der Waals surface area contributed by atoms with E-state index in [0.29, 0.717) is 27.9 Å². The summed E-state index contributed by atoms with van der Waals surface area (Å²) in [6.45, 7) is 2.95. The van der Waals surface area contributed by atoms with Crippen LogP contribution < -0.4 is 14.4 Å². The zero-order valence-electron chi connectivity index (χ0n) is 16.1. The third kappa shape index (κ3) is 4.60. The molecular formula is C21H19FN2O4S. The van der Waals surface area contributed by atoms with Crippen molar-refractivity contribution < 1.29 is 23.5 Å². The molecule has 8 heteroatoms. The van der Waals surface area contributed by atoms with E-state index in [2.05, 4.69) is 4.98 Å². The number of aromatic nitrogens is 1. The molecule has 1 aromatic heterocycles. The Hall–Kier alpha value is -3.26. The van der Waals surface area contributed by atoms with Crippen LogP contribution in [-0.4, -0.2) is 23.8 Å². The number of halogens is 1. The van der Waals surface area contributed by atoms with Crippen LogP contribution in [0.3, 0.4) is 0 Å². The average Bonchev–Trinajstić information content (AvgIpc) is 3.16.